The summed E-state index contributed by atoms with van der Waals surface area (Å²) in [6.45, 7) is 4.59. The molecule has 0 heterocycles. The highest BCUT2D eigenvalue weighted by Gasteiger charge is 2.20. The van der Waals surface area contributed by atoms with Gasteiger partial charge in [0, 0.05) is 12.6 Å². The van der Waals surface area contributed by atoms with E-state index in [0.717, 1.165) is 31.2 Å². The molecule has 1 aromatic rings. The lowest BCUT2D eigenvalue weighted by atomic mass is 10.1. The van der Waals surface area contributed by atoms with Crippen LogP contribution in [0.5, 0.6) is 5.75 Å². The summed E-state index contributed by atoms with van der Waals surface area (Å²) in [5.74, 6) is 1.96. The minimum atomic E-state index is 0.259. The third-order valence-corrected chi connectivity index (χ3v) is 3.87. The van der Waals surface area contributed by atoms with Gasteiger partial charge in [-0.1, -0.05) is 31.9 Å². The lowest BCUT2D eigenvalue weighted by molar-refractivity contribution is 0.317. The van der Waals surface area contributed by atoms with Crippen molar-refractivity contribution >= 4 is 0 Å². The van der Waals surface area contributed by atoms with Gasteiger partial charge in [0.15, 0.2) is 0 Å². The van der Waals surface area contributed by atoms with E-state index >= 15 is 0 Å². The summed E-state index contributed by atoms with van der Waals surface area (Å²) in [5.41, 5.74) is 7.14. The van der Waals surface area contributed by atoms with Gasteiger partial charge < -0.3 is 15.8 Å². The summed E-state index contributed by atoms with van der Waals surface area (Å²) in [4.78, 5) is 0. The molecule has 0 amide bonds. The minimum absolute atomic E-state index is 0.259. The Kier molecular flexibility index (Phi) is 6.34. The molecule has 0 bridgehead atoms. The van der Waals surface area contributed by atoms with Crippen molar-refractivity contribution in [3.05, 3.63) is 29.8 Å². The summed E-state index contributed by atoms with van der Waals surface area (Å²) in [6.07, 6.45) is 6.56. The zero-order valence-corrected chi connectivity index (χ0v) is 12.6. The molecule has 2 rings (SSSR count). The topological polar surface area (TPSA) is 47.3 Å². The molecule has 112 valence electrons. The van der Waals surface area contributed by atoms with Crippen molar-refractivity contribution in [2.45, 2.75) is 45.1 Å². The van der Waals surface area contributed by atoms with E-state index in [0.29, 0.717) is 6.54 Å². The van der Waals surface area contributed by atoms with Crippen molar-refractivity contribution in [2.24, 2.45) is 11.7 Å². The van der Waals surface area contributed by atoms with Gasteiger partial charge in [-0.3, -0.25) is 0 Å². The summed E-state index contributed by atoms with van der Waals surface area (Å²) in [7, 11) is 0. The Morgan fingerprint density at radius 2 is 2.05 bits per heavy atom. The second-order valence-corrected chi connectivity index (χ2v) is 5.75. The number of nitrogens with one attached hydrogen (secondary N) is 1. The smallest absolute Gasteiger partial charge is 0.119 e. The maximum Gasteiger partial charge on any atom is 0.119 e. The highest BCUT2D eigenvalue weighted by Crippen LogP contribution is 2.33. The minimum Gasteiger partial charge on any atom is -0.494 e. The third-order valence-electron chi connectivity index (χ3n) is 3.87. The van der Waals surface area contributed by atoms with Crippen LogP contribution in [0.2, 0.25) is 0 Å². The molecule has 0 aromatic heterocycles. The standard InChI is InChI=1S/C17H28N2O/c1-2-12-20-16-9-7-15(8-10-16)17(13-18)19-11-3-4-14-5-6-14/h7-10,14,17,19H,2-6,11-13,18H2,1H3. The van der Waals surface area contributed by atoms with E-state index in [9.17, 15) is 0 Å². The second-order valence-electron chi connectivity index (χ2n) is 5.75. The number of hydrogen-bond donors (Lipinski definition) is 2. The predicted molar refractivity (Wildman–Crippen MR) is 84.0 cm³/mol. The molecule has 20 heavy (non-hydrogen) atoms. The molecule has 3 heteroatoms. The van der Waals surface area contributed by atoms with E-state index in [2.05, 4.69) is 24.4 Å². The van der Waals surface area contributed by atoms with Gasteiger partial charge in [-0.05, 0) is 49.4 Å². The number of rotatable bonds is 10. The molecule has 1 unspecified atom stereocenters. The maximum atomic E-state index is 5.88. The third kappa shape index (κ3) is 5.14. The van der Waals surface area contributed by atoms with Gasteiger partial charge in [0.2, 0.25) is 0 Å². The fraction of sp³-hybridized carbons (Fsp3) is 0.647. The Morgan fingerprint density at radius 3 is 2.65 bits per heavy atom. The second kappa shape index (κ2) is 8.28. The highest BCUT2D eigenvalue weighted by atomic mass is 16.5. The van der Waals surface area contributed by atoms with Crippen LogP contribution in [0.3, 0.4) is 0 Å². The molecule has 0 aliphatic heterocycles. The van der Waals surface area contributed by atoms with Crippen LogP contribution in [0.25, 0.3) is 0 Å². The normalized spacial score (nSPS) is 16.1. The zero-order valence-electron chi connectivity index (χ0n) is 12.6. The van der Waals surface area contributed by atoms with Gasteiger partial charge in [0.1, 0.15) is 5.75 Å². The zero-order chi connectivity index (χ0) is 14.2. The van der Waals surface area contributed by atoms with E-state index < -0.39 is 0 Å². The molecule has 1 atom stereocenters. The fourth-order valence-corrected chi connectivity index (χ4v) is 2.43. The molecular weight excluding hydrogens is 248 g/mol. The molecule has 0 radical (unpaired) electrons. The van der Waals surface area contributed by atoms with Crippen molar-refractivity contribution in [2.75, 3.05) is 19.7 Å². The maximum absolute atomic E-state index is 5.88. The van der Waals surface area contributed by atoms with Crippen molar-refractivity contribution < 1.29 is 4.74 Å². The molecule has 3 N–H and O–H groups in total. The first kappa shape index (κ1) is 15.3. The van der Waals surface area contributed by atoms with Gasteiger partial charge in [0.05, 0.1) is 6.61 Å². The molecule has 1 aliphatic carbocycles. The predicted octanol–water partition coefficient (Wildman–Crippen LogP) is 3.26. The molecule has 1 fully saturated rings. The summed E-state index contributed by atoms with van der Waals surface area (Å²) in [5, 5.41) is 3.57. The van der Waals surface area contributed by atoms with Crippen molar-refractivity contribution in [3.63, 3.8) is 0 Å². The van der Waals surface area contributed by atoms with E-state index in [1.54, 1.807) is 0 Å². The largest absolute Gasteiger partial charge is 0.494 e. The Bertz CT molecular complexity index is 373. The van der Waals surface area contributed by atoms with Crippen LogP contribution in [0.4, 0.5) is 0 Å². The Morgan fingerprint density at radius 1 is 1.30 bits per heavy atom. The Balaban J connectivity index is 1.76. The molecule has 0 spiro atoms. The Labute approximate surface area is 122 Å². The van der Waals surface area contributed by atoms with Crippen LogP contribution in [0.1, 0.15) is 50.6 Å². The SMILES string of the molecule is CCCOc1ccc(C(CN)NCCCC2CC2)cc1. The first-order valence-corrected chi connectivity index (χ1v) is 7.99. The van der Waals surface area contributed by atoms with Crippen molar-refractivity contribution in [1.82, 2.24) is 5.32 Å². The monoisotopic (exact) mass is 276 g/mol. The molecule has 1 saturated carbocycles. The van der Waals surface area contributed by atoms with Crippen LogP contribution < -0.4 is 15.8 Å². The molecule has 1 aliphatic rings. The number of hydrogen-bond acceptors (Lipinski definition) is 3. The average molecular weight is 276 g/mol. The summed E-state index contributed by atoms with van der Waals surface area (Å²) >= 11 is 0. The number of ether oxygens (including phenoxy) is 1. The van der Waals surface area contributed by atoms with Crippen LogP contribution in [0, 0.1) is 5.92 Å². The lowest BCUT2D eigenvalue weighted by Gasteiger charge is -2.17. The van der Waals surface area contributed by atoms with E-state index in [4.69, 9.17) is 10.5 Å². The first-order chi connectivity index (χ1) is 9.83. The molecule has 0 saturated heterocycles. The highest BCUT2D eigenvalue weighted by molar-refractivity contribution is 5.29. The fourth-order valence-electron chi connectivity index (χ4n) is 2.43. The van der Waals surface area contributed by atoms with Gasteiger partial charge in [-0.25, -0.2) is 0 Å². The molecular formula is C17H28N2O. The summed E-state index contributed by atoms with van der Waals surface area (Å²) < 4.78 is 5.60. The Hall–Kier alpha value is -1.06. The average Bonchev–Trinajstić information content (AvgIpc) is 3.30. The van der Waals surface area contributed by atoms with Gasteiger partial charge in [0.25, 0.3) is 0 Å². The van der Waals surface area contributed by atoms with Crippen LogP contribution >= 0.6 is 0 Å². The van der Waals surface area contributed by atoms with E-state index in [1.807, 2.05) is 12.1 Å². The van der Waals surface area contributed by atoms with Crippen molar-refractivity contribution in [3.8, 4) is 5.75 Å². The number of benzene rings is 1. The quantitative estimate of drug-likeness (QED) is 0.645. The number of nitrogens with two attached hydrogens (primary N) is 1. The van der Waals surface area contributed by atoms with Gasteiger partial charge in [-0.2, -0.15) is 0 Å². The van der Waals surface area contributed by atoms with Crippen LogP contribution in [-0.4, -0.2) is 19.7 Å². The van der Waals surface area contributed by atoms with Gasteiger partial charge >= 0.3 is 0 Å². The lowest BCUT2D eigenvalue weighted by Crippen LogP contribution is -2.29. The summed E-state index contributed by atoms with van der Waals surface area (Å²) in [6, 6.07) is 8.58. The van der Waals surface area contributed by atoms with Crippen molar-refractivity contribution in [1.29, 1.82) is 0 Å². The first-order valence-electron chi connectivity index (χ1n) is 7.99. The van der Waals surface area contributed by atoms with Gasteiger partial charge in [-0.15, -0.1) is 0 Å². The molecule has 3 nitrogen and oxygen atoms in total. The van der Waals surface area contributed by atoms with Crippen LogP contribution in [0.15, 0.2) is 24.3 Å². The van der Waals surface area contributed by atoms with Crippen LogP contribution in [-0.2, 0) is 0 Å². The van der Waals surface area contributed by atoms with E-state index in [-0.39, 0.29) is 6.04 Å². The van der Waals surface area contributed by atoms with E-state index in [1.165, 1.54) is 31.2 Å². The molecule has 1 aromatic carbocycles.